The van der Waals surface area contributed by atoms with E-state index in [1.165, 1.54) is 6.33 Å². The second kappa shape index (κ2) is 6.95. The largest absolute Gasteiger partial charge is 0.491 e. The highest BCUT2D eigenvalue weighted by atomic mass is 16.5. The van der Waals surface area contributed by atoms with E-state index in [-0.39, 0.29) is 6.04 Å². The van der Waals surface area contributed by atoms with E-state index in [0.717, 1.165) is 22.9 Å². The molecule has 0 radical (unpaired) electrons. The van der Waals surface area contributed by atoms with E-state index in [0.29, 0.717) is 24.7 Å². The van der Waals surface area contributed by atoms with E-state index < -0.39 is 11.9 Å². The highest BCUT2D eigenvalue weighted by Gasteiger charge is 2.22. The minimum atomic E-state index is -0.535. The second-order valence-corrected chi connectivity index (χ2v) is 6.95. The van der Waals surface area contributed by atoms with Crippen molar-refractivity contribution in [2.75, 3.05) is 11.9 Å². The highest BCUT2D eigenvalue weighted by Crippen LogP contribution is 2.34. The van der Waals surface area contributed by atoms with Crippen molar-refractivity contribution in [2.45, 2.75) is 39.4 Å². The van der Waals surface area contributed by atoms with Crippen molar-refractivity contribution >= 4 is 11.7 Å². The molecule has 1 unspecified atom stereocenters. The predicted octanol–water partition coefficient (Wildman–Crippen LogP) is 1.46. The molecule has 10 nitrogen and oxygen atoms in total. The Bertz CT molecular complexity index is 1020. The molecule has 0 fully saturated rings. The molecule has 146 valence electrons. The van der Waals surface area contributed by atoms with Gasteiger partial charge in [-0.3, -0.25) is 4.79 Å². The average molecular weight is 382 g/mol. The van der Waals surface area contributed by atoms with Crippen LogP contribution in [0.4, 0.5) is 5.82 Å². The molecule has 3 N–H and O–H groups in total. The highest BCUT2D eigenvalue weighted by molar-refractivity contribution is 5.82. The maximum atomic E-state index is 11.3. The summed E-state index contributed by atoms with van der Waals surface area (Å²) in [5, 5.41) is 7.26. The number of primary amides is 1. The average Bonchev–Trinajstić information content (AvgIpc) is 3.26. The van der Waals surface area contributed by atoms with Gasteiger partial charge in [-0.15, -0.1) is 0 Å². The predicted molar refractivity (Wildman–Crippen MR) is 103 cm³/mol. The molecule has 0 spiro atoms. The molecule has 1 atom stereocenters. The number of ether oxygens (including phenoxy) is 1. The third kappa shape index (κ3) is 3.17. The van der Waals surface area contributed by atoms with Gasteiger partial charge in [0.15, 0.2) is 5.82 Å². The lowest BCUT2D eigenvalue weighted by Crippen LogP contribution is -2.32. The van der Waals surface area contributed by atoms with Crippen LogP contribution >= 0.6 is 0 Å². The summed E-state index contributed by atoms with van der Waals surface area (Å²) >= 11 is 0. The number of fused-ring (bicyclic) bond motifs is 3. The second-order valence-electron chi connectivity index (χ2n) is 6.95. The summed E-state index contributed by atoms with van der Waals surface area (Å²) in [6, 6.07) is 1.40. The quantitative estimate of drug-likeness (QED) is 0.684. The van der Waals surface area contributed by atoms with E-state index in [2.05, 4.69) is 20.4 Å². The molecule has 10 heteroatoms. The van der Waals surface area contributed by atoms with Crippen molar-refractivity contribution in [1.29, 1.82) is 0 Å². The molecule has 0 bridgehead atoms. The summed E-state index contributed by atoms with van der Waals surface area (Å²) < 4.78 is 9.75. The lowest BCUT2D eigenvalue weighted by molar-refractivity contribution is -0.118. The fourth-order valence-corrected chi connectivity index (χ4v) is 3.07. The normalized spacial score (nSPS) is 14.0. The Morgan fingerprint density at radius 1 is 1.29 bits per heavy atom. The van der Waals surface area contributed by atoms with Crippen molar-refractivity contribution in [3.05, 3.63) is 24.8 Å². The third-order valence-corrected chi connectivity index (χ3v) is 4.56. The number of anilines is 1. The van der Waals surface area contributed by atoms with Gasteiger partial charge in [-0.1, -0.05) is 0 Å². The SMILES string of the molecule is CC(Nc1cc2c(cn1)-c1nc(-c3ncnn3C(C)C)cn1CCO2)C(N)=O. The van der Waals surface area contributed by atoms with E-state index in [1.807, 2.05) is 29.3 Å². The fraction of sp³-hybridized carbons (Fsp3) is 0.389. The fourth-order valence-electron chi connectivity index (χ4n) is 3.07. The van der Waals surface area contributed by atoms with Crippen LogP contribution in [0.1, 0.15) is 26.8 Å². The monoisotopic (exact) mass is 382 g/mol. The first-order valence-electron chi connectivity index (χ1n) is 9.10. The molecule has 0 aliphatic carbocycles. The molecule has 28 heavy (non-hydrogen) atoms. The Hall–Kier alpha value is -3.43. The van der Waals surface area contributed by atoms with Crippen molar-refractivity contribution in [3.63, 3.8) is 0 Å². The van der Waals surface area contributed by atoms with E-state index in [4.69, 9.17) is 15.5 Å². The zero-order valence-electron chi connectivity index (χ0n) is 16.0. The number of nitrogens with zero attached hydrogens (tertiary/aromatic N) is 6. The van der Waals surface area contributed by atoms with Crippen molar-refractivity contribution in [2.24, 2.45) is 5.73 Å². The molecule has 0 aromatic carbocycles. The Labute approximate surface area is 161 Å². The summed E-state index contributed by atoms with van der Waals surface area (Å²) in [5.41, 5.74) is 6.83. The number of hydrogen-bond donors (Lipinski definition) is 2. The number of nitrogens with one attached hydrogen (secondary N) is 1. The van der Waals surface area contributed by atoms with Gasteiger partial charge in [-0.25, -0.2) is 19.6 Å². The van der Waals surface area contributed by atoms with Gasteiger partial charge in [0.25, 0.3) is 0 Å². The van der Waals surface area contributed by atoms with Crippen LogP contribution in [0.25, 0.3) is 22.9 Å². The molecule has 4 heterocycles. The van der Waals surface area contributed by atoms with Crippen LogP contribution in [0.3, 0.4) is 0 Å². The summed E-state index contributed by atoms with van der Waals surface area (Å²) in [7, 11) is 0. The van der Waals surface area contributed by atoms with Gasteiger partial charge in [0, 0.05) is 24.5 Å². The minimum Gasteiger partial charge on any atom is -0.491 e. The van der Waals surface area contributed by atoms with Crippen LogP contribution in [0.2, 0.25) is 0 Å². The van der Waals surface area contributed by atoms with Crippen LogP contribution in [-0.2, 0) is 11.3 Å². The zero-order valence-corrected chi connectivity index (χ0v) is 16.0. The topological polar surface area (TPSA) is 126 Å². The van der Waals surface area contributed by atoms with Gasteiger partial charge in [0.1, 0.15) is 42.1 Å². The van der Waals surface area contributed by atoms with Gasteiger partial charge in [0.05, 0.1) is 12.1 Å². The Morgan fingerprint density at radius 3 is 2.86 bits per heavy atom. The van der Waals surface area contributed by atoms with E-state index >= 15 is 0 Å². The van der Waals surface area contributed by atoms with Gasteiger partial charge < -0.3 is 20.4 Å². The molecule has 1 aliphatic heterocycles. The lowest BCUT2D eigenvalue weighted by Gasteiger charge is -2.13. The van der Waals surface area contributed by atoms with Crippen LogP contribution in [-0.4, -0.2) is 47.9 Å². The number of carbonyl (C=O) groups excluding carboxylic acids is 1. The molecule has 3 aromatic rings. The lowest BCUT2D eigenvalue weighted by atomic mass is 10.2. The van der Waals surface area contributed by atoms with Crippen molar-refractivity contribution in [3.8, 4) is 28.7 Å². The zero-order chi connectivity index (χ0) is 19.8. The molecule has 3 aromatic heterocycles. The molecule has 1 amide bonds. The molecule has 0 saturated carbocycles. The van der Waals surface area contributed by atoms with Gasteiger partial charge in [-0.05, 0) is 20.8 Å². The third-order valence-electron chi connectivity index (χ3n) is 4.56. The Morgan fingerprint density at radius 2 is 2.11 bits per heavy atom. The number of amides is 1. The first kappa shape index (κ1) is 18.0. The summed E-state index contributed by atoms with van der Waals surface area (Å²) in [6.45, 7) is 6.91. The van der Waals surface area contributed by atoms with Crippen LogP contribution < -0.4 is 15.8 Å². The molecule has 1 aliphatic rings. The first-order valence-corrected chi connectivity index (χ1v) is 9.10. The van der Waals surface area contributed by atoms with Gasteiger partial charge in [0.2, 0.25) is 5.91 Å². The first-order chi connectivity index (χ1) is 13.4. The molecule has 4 rings (SSSR count). The number of carbonyl (C=O) groups is 1. The van der Waals surface area contributed by atoms with E-state index in [9.17, 15) is 4.79 Å². The van der Waals surface area contributed by atoms with Gasteiger partial charge in [-0.2, -0.15) is 5.10 Å². The standard InChI is InChI=1S/C18H22N8O2/c1-10(2)26-18(21-9-22-26)13-8-25-4-5-28-14-6-15(23-11(3)16(19)27)20-7-12(14)17(25)24-13/h6-11H,4-5H2,1-3H3,(H2,19,27)(H,20,23). The summed E-state index contributed by atoms with van der Waals surface area (Å²) in [5.74, 6) is 2.19. The van der Waals surface area contributed by atoms with Crippen LogP contribution in [0.5, 0.6) is 5.75 Å². The van der Waals surface area contributed by atoms with Gasteiger partial charge >= 0.3 is 0 Å². The van der Waals surface area contributed by atoms with Crippen molar-refractivity contribution < 1.29 is 9.53 Å². The number of aromatic nitrogens is 6. The minimum absolute atomic E-state index is 0.178. The summed E-state index contributed by atoms with van der Waals surface area (Å²) in [6.07, 6.45) is 5.18. The summed E-state index contributed by atoms with van der Waals surface area (Å²) in [4.78, 5) is 24.8. The number of imidazole rings is 1. The molecule has 0 saturated heterocycles. The van der Waals surface area contributed by atoms with Crippen LogP contribution in [0.15, 0.2) is 24.8 Å². The number of hydrogen-bond acceptors (Lipinski definition) is 7. The number of nitrogens with two attached hydrogens (primary N) is 1. The number of pyridine rings is 1. The molecular weight excluding hydrogens is 360 g/mol. The maximum Gasteiger partial charge on any atom is 0.239 e. The van der Waals surface area contributed by atoms with E-state index in [1.54, 1.807) is 19.2 Å². The maximum absolute atomic E-state index is 11.3. The Balaban J connectivity index is 1.72. The Kier molecular flexibility index (Phi) is 4.46. The molecular formula is C18H22N8O2. The number of rotatable bonds is 5. The van der Waals surface area contributed by atoms with Crippen molar-refractivity contribution in [1.82, 2.24) is 29.3 Å². The smallest absolute Gasteiger partial charge is 0.239 e. The van der Waals surface area contributed by atoms with Crippen LogP contribution in [0, 0.1) is 0 Å².